The number of halogens is 2. The lowest BCUT2D eigenvalue weighted by Crippen LogP contribution is -2.06. The summed E-state index contributed by atoms with van der Waals surface area (Å²) in [4.78, 5) is 15.9. The maximum absolute atomic E-state index is 13.2. The van der Waals surface area contributed by atoms with Crippen LogP contribution in [0, 0.1) is 11.6 Å². The zero-order valence-electron chi connectivity index (χ0n) is 12.0. The SMILES string of the molecule is COc1ccc(/C=C2/N=C(c3ccc(F)c(F)c3)OC2=O)cc1. The van der Waals surface area contributed by atoms with Crippen LogP contribution in [0.5, 0.6) is 5.75 Å². The average molecular weight is 315 g/mol. The number of carbonyl (C=O) groups is 1. The molecule has 0 fully saturated rings. The van der Waals surface area contributed by atoms with Crippen LogP contribution in [0.4, 0.5) is 8.78 Å². The highest BCUT2D eigenvalue weighted by Gasteiger charge is 2.24. The molecule has 0 N–H and O–H groups in total. The summed E-state index contributed by atoms with van der Waals surface area (Å²) in [5.41, 5.74) is 0.998. The summed E-state index contributed by atoms with van der Waals surface area (Å²) < 4.78 is 36.2. The van der Waals surface area contributed by atoms with Gasteiger partial charge in [-0.15, -0.1) is 0 Å². The van der Waals surface area contributed by atoms with E-state index in [1.54, 1.807) is 31.4 Å². The van der Waals surface area contributed by atoms with Gasteiger partial charge in [-0.2, -0.15) is 0 Å². The highest BCUT2D eigenvalue weighted by Crippen LogP contribution is 2.21. The molecule has 3 rings (SSSR count). The quantitative estimate of drug-likeness (QED) is 0.645. The van der Waals surface area contributed by atoms with Crippen molar-refractivity contribution in [2.24, 2.45) is 4.99 Å². The van der Waals surface area contributed by atoms with Crippen LogP contribution < -0.4 is 4.74 Å². The van der Waals surface area contributed by atoms with Crippen molar-refractivity contribution < 1.29 is 23.0 Å². The minimum atomic E-state index is -1.03. The van der Waals surface area contributed by atoms with Crippen LogP contribution in [0.25, 0.3) is 6.08 Å². The molecule has 0 unspecified atom stereocenters. The zero-order chi connectivity index (χ0) is 16.4. The molecule has 0 atom stereocenters. The van der Waals surface area contributed by atoms with Crippen LogP contribution in [0.1, 0.15) is 11.1 Å². The van der Waals surface area contributed by atoms with E-state index in [-0.39, 0.29) is 17.2 Å². The molecule has 6 heteroatoms. The van der Waals surface area contributed by atoms with Gasteiger partial charge < -0.3 is 9.47 Å². The molecule has 0 aliphatic carbocycles. The van der Waals surface area contributed by atoms with E-state index in [4.69, 9.17) is 9.47 Å². The number of benzene rings is 2. The maximum atomic E-state index is 13.2. The number of rotatable bonds is 3. The normalized spacial score (nSPS) is 15.5. The van der Waals surface area contributed by atoms with Crippen LogP contribution in [-0.4, -0.2) is 19.0 Å². The number of carbonyl (C=O) groups excluding carboxylic acids is 1. The highest BCUT2D eigenvalue weighted by atomic mass is 19.2. The Labute approximate surface area is 130 Å². The number of hydrogen-bond acceptors (Lipinski definition) is 4. The topological polar surface area (TPSA) is 47.9 Å². The molecule has 1 heterocycles. The lowest BCUT2D eigenvalue weighted by atomic mass is 10.2. The van der Waals surface area contributed by atoms with Gasteiger partial charge in [0.2, 0.25) is 5.90 Å². The molecule has 116 valence electrons. The molecule has 4 nitrogen and oxygen atoms in total. The average Bonchev–Trinajstić information content (AvgIpc) is 2.92. The Balaban J connectivity index is 1.90. The molecule has 0 saturated carbocycles. The summed E-state index contributed by atoms with van der Waals surface area (Å²) in [6.07, 6.45) is 1.54. The fourth-order valence-corrected chi connectivity index (χ4v) is 2.02. The zero-order valence-corrected chi connectivity index (χ0v) is 12.0. The summed E-state index contributed by atoms with van der Waals surface area (Å²) in [7, 11) is 1.56. The third-order valence-electron chi connectivity index (χ3n) is 3.21. The lowest BCUT2D eigenvalue weighted by Gasteiger charge is -1.99. The second kappa shape index (κ2) is 6.00. The van der Waals surface area contributed by atoms with E-state index >= 15 is 0 Å². The molecule has 0 spiro atoms. The van der Waals surface area contributed by atoms with Crippen LogP contribution in [0.15, 0.2) is 53.2 Å². The molecule has 1 aliphatic rings. The number of methoxy groups -OCH3 is 1. The molecule has 23 heavy (non-hydrogen) atoms. The molecule has 2 aromatic carbocycles. The Morgan fingerprint density at radius 2 is 1.83 bits per heavy atom. The van der Waals surface area contributed by atoms with Gasteiger partial charge in [0, 0.05) is 5.56 Å². The maximum Gasteiger partial charge on any atom is 0.363 e. The van der Waals surface area contributed by atoms with Crippen LogP contribution >= 0.6 is 0 Å². The second-order valence-electron chi connectivity index (χ2n) is 4.74. The fourth-order valence-electron chi connectivity index (χ4n) is 2.02. The van der Waals surface area contributed by atoms with Gasteiger partial charge in [-0.1, -0.05) is 12.1 Å². The standard InChI is InChI=1S/C17H11F2NO3/c1-22-12-5-2-10(3-6-12)8-15-17(21)23-16(20-15)11-4-7-13(18)14(19)9-11/h2-9H,1H3/b15-8+. The fraction of sp³-hybridized carbons (Fsp3) is 0.0588. The third kappa shape index (κ3) is 3.11. The van der Waals surface area contributed by atoms with Gasteiger partial charge >= 0.3 is 5.97 Å². The first kappa shape index (κ1) is 14.9. The summed E-state index contributed by atoms with van der Waals surface area (Å²) in [6, 6.07) is 10.2. The van der Waals surface area contributed by atoms with Gasteiger partial charge in [-0.3, -0.25) is 0 Å². The molecule has 0 aromatic heterocycles. The highest BCUT2D eigenvalue weighted by molar-refractivity contribution is 6.12. The monoisotopic (exact) mass is 315 g/mol. The number of esters is 1. The summed E-state index contributed by atoms with van der Waals surface area (Å²) >= 11 is 0. The van der Waals surface area contributed by atoms with Gasteiger partial charge in [-0.25, -0.2) is 18.6 Å². The second-order valence-corrected chi connectivity index (χ2v) is 4.74. The van der Waals surface area contributed by atoms with Crippen molar-refractivity contribution in [3.8, 4) is 5.75 Å². The van der Waals surface area contributed by atoms with Crippen molar-refractivity contribution in [2.75, 3.05) is 7.11 Å². The Morgan fingerprint density at radius 3 is 2.48 bits per heavy atom. The van der Waals surface area contributed by atoms with Crippen LogP contribution in [0.3, 0.4) is 0 Å². The van der Waals surface area contributed by atoms with Gasteiger partial charge in [0.05, 0.1) is 7.11 Å². The number of hydrogen-bond donors (Lipinski definition) is 0. The minimum absolute atomic E-state index is 0.0614. The summed E-state index contributed by atoms with van der Waals surface area (Å²) in [6.45, 7) is 0. The van der Waals surface area contributed by atoms with Gasteiger partial charge in [0.15, 0.2) is 17.3 Å². The van der Waals surface area contributed by atoms with E-state index in [0.29, 0.717) is 5.75 Å². The third-order valence-corrected chi connectivity index (χ3v) is 3.21. The van der Waals surface area contributed by atoms with Crippen molar-refractivity contribution in [3.63, 3.8) is 0 Å². The number of nitrogens with zero attached hydrogens (tertiary/aromatic N) is 1. The van der Waals surface area contributed by atoms with E-state index in [9.17, 15) is 13.6 Å². The van der Waals surface area contributed by atoms with E-state index < -0.39 is 17.6 Å². The van der Waals surface area contributed by atoms with Crippen molar-refractivity contribution in [1.29, 1.82) is 0 Å². The Kier molecular flexibility index (Phi) is 3.89. The lowest BCUT2D eigenvalue weighted by molar-refractivity contribution is -0.129. The molecular weight excluding hydrogens is 304 g/mol. The van der Waals surface area contributed by atoms with Gasteiger partial charge in [0.25, 0.3) is 0 Å². The molecular formula is C17H11F2NO3. The van der Waals surface area contributed by atoms with Gasteiger partial charge in [0.1, 0.15) is 5.75 Å². The number of ether oxygens (including phenoxy) is 2. The Hall–Kier alpha value is -3.02. The van der Waals surface area contributed by atoms with Crippen LogP contribution in [-0.2, 0) is 9.53 Å². The summed E-state index contributed by atoms with van der Waals surface area (Å²) in [5, 5.41) is 0. The smallest absolute Gasteiger partial charge is 0.363 e. The summed E-state index contributed by atoms with van der Waals surface area (Å²) in [5.74, 6) is -2.04. The molecule has 0 amide bonds. The van der Waals surface area contributed by atoms with Crippen molar-refractivity contribution >= 4 is 17.9 Å². The van der Waals surface area contributed by atoms with Crippen LogP contribution in [0.2, 0.25) is 0 Å². The molecule has 0 radical (unpaired) electrons. The first-order valence-corrected chi connectivity index (χ1v) is 6.69. The first-order chi connectivity index (χ1) is 11.1. The number of cyclic esters (lactones) is 1. The van der Waals surface area contributed by atoms with Crippen molar-refractivity contribution in [3.05, 3.63) is 70.9 Å². The molecule has 0 bridgehead atoms. The van der Waals surface area contributed by atoms with Crippen molar-refractivity contribution in [1.82, 2.24) is 0 Å². The number of aliphatic imine (C=N–C) groups is 1. The molecule has 1 aliphatic heterocycles. The van der Waals surface area contributed by atoms with E-state index in [1.807, 2.05) is 0 Å². The molecule has 0 saturated heterocycles. The van der Waals surface area contributed by atoms with E-state index in [1.165, 1.54) is 12.1 Å². The largest absolute Gasteiger partial charge is 0.497 e. The van der Waals surface area contributed by atoms with E-state index in [2.05, 4.69) is 4.99 Å². The van der Waals surface area contributed by atoms with Gasteiger partial charge in [-0.05, 0) is 42.0 Å². The molecule has 2 aromatic rings. The van der Waals surface area contributed by atoms with E-state index in [0.717, 1.165) is 17.7 Å². The first-order valence-electron chi connectivity index (χ1n) is 6.69. The Morgan fingerprint density at radius 1 is 1.09 bits per heavy atom. The predicted octanol–water partition coefficient (Wildman–Crippen LogP) is 3.32. The minimum Gasteiger partial charge on any atom is -0.497 e. The Bertz CT molecular complexity index is 826. The van der Waals surface area contributed by atoms with Crippen molar-refractivity contribution in [2.45, 2.75) is 0 Å². The predicted molar refractivity (Wildman–Crippen MR) is 80.0 cm³/mol.